The van der Waals surface area contributed by atoms with E-state index in [0.29, 0.717) is 42.4 Å². The lowest BCUT2D eigenvalue weighted by Gasteiger charge is -2.62. The van der Waals surface area contributed by atoms with Gasteiger partial charge in [-0.15, -0.1) is 0 Å². The summed E-state index contributed by atoms with van der Waals surface area (Å²) >= 11 is 0. The molecular formula is C46H76O4. The summed E-state index contributed by atoms with van der Waals surface area (Å²) in [5.74, 6) is 3.04. The second-order valence-electron chi connectivity index (χ2n) is 18.0. The van der Waals surface area contributed by atoms with Gasteiger partial charge in [0.05, 0.1) is 0 Å². The number of carbonyl (C=O) groups is 1. The van der Waals surface area contributed by atoms with Crippen molar-refractivity contribution in [1.29, 1.82) is 0 Å². The summed E-state index contributed by atoms with van der Waals surface area (Å²) < 4.78 is 5.98. The van der Waals surface area contributed by atoms with Crippen LogP contribution in [0, 0.1) is 46.3 Å². The van der Waals surface area contributed by atoms with Crippen molar-refractivity contribution in [2.45, 2.75) is 188 Å². The van der Waals surface area contributed by atoms with Crippen LogP contribution < -0.4 is 0 Å². The van der Waals surface area contributed by atoms with E-state index in [1.807, 2.05) is 0 Å². The Morgan fingerprint density at radius 3 is 2.24 bits per heavy atom. The van der Waals surface area contributed by atoms with E-state index in [2.05, 4.69) is 91.0 Å². The van der Waals surface area contributed by atoms with Crippen molar-refractivity contribution in [3.8, 4) is 0 Å². The molecule has 0 aromatic carbocycles. The van der Waals surface area contributed by atoms with E-state index in [9.17, 15) is 15.0 Å². The smallest absolute Gasteiger partial charge is 0.306 e. The summed E-state index contributed by atoms with van der Waals surface area (Å²) in [6, 6.07) is 0. The lowest BCUT2D eigenvalue weighted by atomic mass is 9.45. The molecule has 0 aromatic rings. The van der Waals surface area contributed by atoms with Crippen molar-refractivity contribution < 1.29 is 19.7 Å². The van der Waals surface area contributed by atoms with Gasteiger partial charge in [0.1, 0.15) is 17.8 Å². The Balaban J connectivity index is 1.21. The van der Waals surface area contributed by atoms with Crippen molar-refractivity contribution in [1.82, 2.24) is 0 Å². The number of esters is 1. The molecular weight excluding hydrogens is 617 g/mol. The molecule has 3 saturated carbocycles. The van der Waals surface area contributed by atoms with Crippen LogP contribution in [0.25, 0.3) is 0 Å². The van der Waals surface area contributed by atoms with Gasteiger partial charge in [0.25, 0.3) is 0 Å². The molecule has 0 amide bonds. The van der Waals surface area contributed by atoms with Gasteiger partial charge in [0, 0.05) is 18.3 Å². The first kappa shape index (κ1) is 41.1. The largest absolute Gasteiger partial charge is 0.462 e. The van der Waals surface area contributed by atoms with Crippen LogP contribution in [0.1, 0.15) is 170 Å². The molecule has 0 aromatic heterocycles. The summed E-state index contributed by atoms with van der Waals surface area (Å²) in [6.07, 6.45) is 34.6. The first-order valence-electron chi connectivity index (χ1n) is 21.2. The van der Waals surface area contributed by atoms with E-state index >= 15 is 0 Å². The van der Waals surface area contributed by atoms with Crippen molar-refractivity contribution in [2.24, 2.45) is 46.3 Å². The average molecular weight is 693 g/mol. The number of carbonyl (C=O) groups excluding carboxylic acids is 1. The van der Waals surface area contributed by atoms with Gasteiger partial charge in [-0.3, -0.25) is 4.79 Å². The average Bonchev–Trinajstić information content (AvgIpc) is 3.44. The number of unbranched alkanes of at least 4 members (excludes halogenated alkanes) is 8. The Labute approximate surface area is 307 Å². The number of allylic oxidation sites excluding steroid dienone is 7. The molecule has 0 saturated heterocycles. The highest BCUT2D eigenvalue weighted by molar-refractivity contribution is 5.69. The molecule has 0 bridgehead atoms. The quantitative estimate of drug-likeness (QED) is 0.0803. The van der Waals surface area contributed by atoms with E-state index in [0.717, 1.165) is 51.4 Å². The van der Waals surface area contributed by atoms with Gasteiger partial charge < -0.3 is 14.9 Å². The molecule has 50 heavy (non-hydrogen) atoms. The molecule has 4 rings (SSSR count). The van der Waals surface area contributed by atoms with Crippen LogP contribution in [0.5, 0.6) is 0 Å². The fourth-order valence-electron chi connectivity index (χ4n) is 10.6. The van der Waals surface area contributed by atoms with Gasteiger partial charge in [-0.2, -0.15) is 0 Å². The maximum absolute atomic E-state index is 12.9. The van der Waals surface area contributed by atoms with Gasteiger partial charge >= 0.3 is 5.97 Å². The first-order chi connectivity index (χ1) is 23.9. The second kappa shape index (κ2) is 18.9. The standard InChI is InChI=1S/C46H76O4/c1-8-9-10-11-12-13-14-15-16-17-18-19-20-21-22-23-43(48)50-37-28-31-45(7)41-29-30-44(6)39(36(5)25-24-35(4)34(2)3)26-27-40(44)38(41)32-42(47)46(45,49)33-37/h12-13,15-16,24-25,32,34-37,39-42,47,49H,8-11,14,17-23,26-31,33H2,1-7H3/b13-12-,16-15-,25-24+/t35-,36+,37-,39+,40?,41?,42+,44+,45+,46-/m0/s1. The predicted molar refractivity (Wildman–Crippen MR) is 210 cm³/mol. The topological polar surface area (TPSA) is 66.8 Å². The molecule has 4 aliphatic rings. The summed E-state index contributed by atoms with van der Waals surface area (Å²) in [5, 5.41) is 23.9. The number of ether oxygens (including phenoxy) is 1. The highest BCUT2D eigenvalue weighted by atomic mass is 16.5. The van der Waals surface area contributed by atoms with Crippen LogP contribution in [-0.2, 0) is 9.53 Å². The van der Waals surface area contributed by atoms with Crippen molar-refractivity contribution in [2.75, 3.05) is 0 Å². The van der Waals surface area contributed by atoms with E-state index < -0.39 is 17.1 Å². The minimum Gasteiger partial charge on any atom is -0.462 e. The molecule has 0 spiro atoms. The lowest BCUT2D eigenvalue weighted by Crippen LogP contribution is -2.65. The van der Waals surface area contributed by atoms with Crippen LogP contribution in [0.4, 0.5) is 0 Å². The lowest BCUT2D eigenvalue weighted by molar-refractivity contribution is -0.216. The fourth-order valence-corrected chi connectivity index (χ4v) is 10.6. The number of hydrogen-bond acceptors (Lipinski definition) is 4. The summed E-state index contributed by atoms with van der Waals surface area (Å²) in [5.41, 5.74) is -0.0208. The minimum atomic E-state index is -1.27. The molecule has 3 fully saturated rings. The molecule has 0 radical (unpaired) electrons. The van der Waals surface area contributed by atoms with Gasteiger partial charge in [0.15, 0.2) is 0 Å². The zero-order chi connectivity index (χ0) is 36.4. The molecule has 0 heterocycles. The van der Waals surface area contributed by atoms with Crippen LogP contribution in [0.15, 0.2) is 48.1 Å². The molecule has 0 aliphatic heterocycles. The molecule has 4 aliphatic carbocycles. The van der Waals surface area contributed by atoms with Crippen LogP contribution in [-0.4, -0.2) is 34.0 Å². The number of fused-ring (bicyclic) bond motifs is 5. The number of rotatable bonds is 19. The third kappa shape index (κ3) is 9.66. The van der Waals surface area contributed by atoms with Gasteiger partial charge in [0.2, 0.25) is 0 Å². The maximum Gasteiger partial charge on any atom is 0.306 e. The highest BCUT2D eigenvalue weighted by Gasteiger charge is 2.65. The molecule has 284 valence electrons. The number of hydrogen-bond donors (Lipinski definition) is 2. The van der Waals surface area contributed by atoms with E-state index in [4.69, 9.17) is 4.74 Å². The molecule has 4 heteroatoms. The van der Waals surface area contributed by atoms with E-state index in [1.165, 1.54) is 63.4 Å². The first-order valence-corrected chi connectivity index (χ1v) is 21.2. The van der Waals surface area contributed by atoms with Gasteiger partial charge in [-0.1, -0.05) is 129 Å². The SMILES string of the molecule is CCCCC/C=C\C/C=C\CCCCCCCC(=O)O[C@H]1CC[C@]2(C)C3CC[C@@]4(C)C(CC[C@@H]4[C@H](C)/C=C/[C@H](C)C(C)C)C3=C[C@@H](O)[C@@]2(O)C1. The Kier molecular flexibility index (Phi) is 15.5. The third-order valence-corrected chi connectivity index (χ3v) is 14.3. The van der Waals surface area contributed by atoms with Crippen LogP contribution in [0.3, 0.4) is 0 Å². The minimum absolute atomic E-state index is 0.147. The summed E-state index contributed by atoms with van der Waals surface area (Å²) in [4.78, 5) is 12.9. The highest BCUT2D eigenvalue weighted by Crippen LogP contribution is 2.67. The van der Waals surface area contributed by atoms with Gasteiger partial charge in [-0.05, 0) is 118 Å². The van der Waals surface area contributed by atoms with E-state index in [-0.39, 0.29) is 23.4 Å². The fraction of sp³-hybridized carbons (Fsp3) is 0.804. The zero-order valence-electron chi connectivity index (χ0n) is 33.3. The predicted octanol–water partition coefficient (Wildman–Crippen LogP) is 11.9. The number of aliphatic hydroxyl groups is 2. The Morgan fingerprint density at radius 1 is 0.860 bits per heavy atom. The Hall–Kier alpha value is -1.65. The van der Waals surface area contributed by atoms with Crippen LogP contribution >= 0.6 is 0 Å². The number of aliphatic hydroxyl groups excluding tert-OH is 1. The molecule has 10 atom stereocenters. The summed E-state index contributed by atoms with van der Waals surface area (Å²) in [6.45, 7) is 16.3. The Bertz CT molecular complexity index is 1180. The maximum atomic E-state index is 12.9. The van der Waals surface area contributed by atoms with Crippen molar-refractivity contribution >= 4 is 5.97 Å². The normalized spacial score (nSPS) is 35.3. The van der Waals surface area contributed by atoms with E-state index in [1.54, 1.807) is 0 Å². The van der Waals surface area contributed by atoms with Crippen molar-refractivity contribution in [3.63, 3.8) is 0 Å². The molecule has 2 unspecified atom stereocenters. The van der Waals surface area contributed by atoms with Crippen molar-refractivity contribution in [3.05, 3.63) is 48.1 Å². The summed E-state index contributed by atoms with van der Waals surface area (Å²) in [7, 11) is 0. The van der Waals surface area contributed by atoms with Crippen LogP contribution in [0.2, 0.25) is 0 Å². The third-order valence-electron chi connectivity index (χ3n) is 14.3. The Morgan fingerprint density at radius 2 is 1.54 bits per heavy atom. The molecule has 2 N–H and O–H groups in total. The monoisotopic (exact) mass is 693 g/mol. The zero-order valence-corrected chi connectivity index (χ0v) is 33.3. The molecule has 4 nitrogen and oxygen atoms in total. The second-order valence-corrected chi connectivity index (χ2v) is 18.0. The van der Waals surface area contributed by atoms with Gasteiger partial charge in [-0.25, -0.2) is 0 Å².